The highest BCUT2D eigenvalue weighted by Crippen LogP contribution is 2.41. The van der Waals surface area contributed by atoms with Gasteiger partial charge in [-0.05, 0) is 17.2 Å². The fourth-order valence-electron chi connectivity index (χ4n) is 3.47. The van der Waals surface area contributed by atoms with Gasteiger partial charge in [0.15, 0.2) is 5.60 Å². The molecule has 4 nitrogen and oxygen atoms in total. The lowest BCUT2D eigenvalue weighted by Gasteiger charge is -2.33. The summed E-state index contributed by atoms with van der Waals surface area (Å²) in [6.45, 7) is 0.695. The molecule has 0 amide bonds. The first-order chi connectivity index (χ1) is 12.2. The van der Waals surface area contributed by atoms with Crippen LogP contribution in [-0.4, -0.2) is 24.0 Å². The molecule has 0 radical (unpaired) electrons. The second-order valence-corrected chi connectivity index (χ2v) is 6.37. The Labute approximate surface area is 146 Å². The van der Waals surface area contributed by atoms with E-state index in [2.05, 4.69) is 0 Å². The Morgan fingerprint density at radius 1 is 0.960 bits per heavy atom. The summed E-state index contributed by atoms with van der Waals surface area (Å²) in [4.78, 5) is 24.8. The average molecular weight is 334 g/mol. The van der Waals surface area contributed by atoms with Crippen LogP contribution < -0.4 is 0 Å². The quantitative estimate of drug-likeness (QED) is 0.802. The molecule has 1 aliphatic carbocycles. The molecule has 0 bridgehead atoms. The van der Waals surface area contributed by atoms with Gasteiger partial charge in [-0.1, -0.05) is 54.6 Å². The van der Waals surface area contributed by atoms with Crippen LogP contribution in [0.5, 0.6) is 0 Å². The van der Waals surface area contributed by atoms with Crippen LogP contribution in [-0.2, 0) is 20.9 Å². The zero-order valence-corrected chi connectivity index (χ0v) is 13.7. The Morgan fingerprint density at radius 2 is 1.72 bits per heavy atom. The number of ketones is 1. The van der Waals surface area contributed by atoms with Crippen molar-refractivity contribution in [3.05, 3.63) is 76.9 Å². The summed E-state index contributed by atoms with van der Waals surface area (Å²) in [5.41, 5.74) is 2.03. The molecule has 2 aliphatic rings. The van der Waals surface area contributed by atoms with E-state index >= 15 is 0 Å². The number of Topliss-reactive ketones (excluding diaryl/α,β-unsaturated/α-hetero) is 1. The van der Waals surface area contributed by atoms with Gasteiger partial charge in [0.25, 0.3) is 0 Å². The molecular weight excluding hydrogens is 316 g/mol. The van der Waals surface area contributed by atoms with E-state index in [1.54, 1.807) is 6.07 Å². The standard InChI is InChI=1S/C21H18O4/c22-19-10-11-21(25-19)17(14-24-13-15-6-2-1-3-7-15)12-16-8-4-5-9-18(16)20(21)23/h1-9,12H,10-11,13-14H2/t21-/m0/s1. The van der Waals surface area contributed by atoms with Crippen LogP contribution in [0.2, 0.25) is 0 Å². The molecule has 1 atom stereocenters. The molecule has 0 aromatic heterocycles. The molecule has 1 saturated heterocycles. The number of esters is 1. The van der Waals surface area contributed by atoms with Gasteiger partial charge in [-0.3, -0.25) is 9.59 Å². The van der Waals surface area contributed by atoms with Gasteiger partial charge in [-0.2, -0.15) is 0 Å². The van der Waals surface area contributed by atoms with Crippen LogP contribution in [0.15, 0.2) is 60.2 Å². The van der Waals surface area contributed by atoms with Gasteiger partial charge in [0.2, 0.25) is 5.78 Å². The van der Waals surface area contributed by atoms with Crippen molar-refractivity contribution in [1.82, 2.24) is 0 Å². The maximum absolute atomic E-state index is 13.1. The van der Waals surface area contributed by atoms with Crippen molar-refractivity contribution >= 4 is 17.8 Å². The summed E-state index contributed by atoms with van der Waals surface area (Å²) in [6, 6.07) is 17.2. The van der Waals surface area contributed by atoms with E-state index in [4.69, 9.17) is 9.47 Å². The maximum atomic E-state index is 13.1. The van der Waals surface area contributed by atoms with E-state index in [1.165, 1.54) is 0 Å². The normalized spacial score (nSPS) is 21.8. The Kier molecular flexibility index (Phi) is 3.98. The summed E-state index contributed by atoms with van der Waals surface area (Å²) in [7, 11) is 0. The van der Waals surface area contributed by atoms with E-state index in [-0.39, 0.29) is 24.8 Å². The minimum absolute atomic E-state index is 0.144. The predicted molar refractivity (Wildman–Crippen MR) is 92.9 cm³/mol. The molecule has 4 heteroatoms. The molecule has 25 heavy (non-hydrogen) atoms. The zero-order chi connectivity index (χ0) is 17.3. The monoisotopic (exact) mass is 334 g/mol. The lowest BCUT2D eigenvalue weighted by Crippen LogP contribution is -2.44. The number of ether oxygens (including phenoxy) is 2. The highest BCUT2D eigenvalue weighted by atomic mass is 16.6. The minimum Gasteiger partial charge on any atom is -0.446 e. The molecule has 1 fully saturated rings. The molecule has 0 N–H and O–H groups in total. The van der Waals surface area contributed by atoms with Gasteiger partial charge in [0.05, 0.1) is 19.6 Å². The summed E-state index contributed by atoms with van der Waals surface area (Å²) in [6.07, 6.45) is 2.56. The average Bonchev–Trinajstić information content (AvgIpc) is 3.03. The van der Waals surface area contributed by atoms with Crippen molar-refractivity contribution in [3.8, 4) is 0 Å². The Bertz CT molecular complexity index is 853. The van der Waals surface area contributed by atoms with E-state index in [9.17, 15) is 9.59 Å². The van der Waals surface area contributed by atoms with Crippen molar-refractivity contribution in [2.24, 2.45) is 0 Å². The first-order valence-corrected chi connectivity index (χ1v) is 8.37. The maximum Gasteiger partial charge on any atom is 0.307 e. The van der Waals surface area contributed by atoms with Gasteiger partial charge in [-0.25, -0.2) is 0 Å². The third kappa shape index (κ3) is 2.79. The van der Waals surface area contributed by atoms with Crippen LogP contribution in [0.25, 0.3) is 6.08 Å². The van der Waals surface area contributed by atoms with E-state index in [1.807, 2.05) is 54.6 Å². The molecule has 1 aliphatic heterocycles. The molecule has 126 valence electrons. The van der Waals surface area contributed by atoms with Crippen molar-refractivity contribution < 1.29 is 19.1 Å². The highest BCUT2D eigenvalue weighted by molar-refractivity contribution is 6.12. The number of hydrogen-bond donors (Lipinski definition) is 0. The number of benzene rings is 2. The SMILES string of the molecule is O=C1CC[C@@]2(O1)C(=O)c1ccccc1C=C2COCc1ccccc1. The van der Waals surface area contributed by atoms with Crippen LogP contribution in [0, 0.1) is 0 Å². The van der Waals surface area contributed by atoms with Crippen molar-refractivity contribution in [2.75, 3.05) is 6.61 Å². The van der Waals surface area contributed by atoms with Crippen molar-refractivity contribution in [3.63, 3.8) is 0 Å². The van der Waals surface area contributed by atoms with Crippen molar-refractivity contribution in [1.29, 1.82) is 0 Å². The second-order valence-electron chi connectivity index (χ2n) is 6.37. The van der Waals surface area contributed by atoms with Gasteiger partial charge < -0.3 is 9.47 Å². The molecule has 1 heterocycles. The number of fused-ring (bicyclic) bond motifs is 1. The van der Waals surface area contributed by atoms with Crippen LogP contribution in [0.1, 0.15) is 34.3 Å². The number of hydrogen-bond acceptors (Lipinski definition) is 4. The largest absolute Gasteiger partial charge is 0.446 e. The first kappa shape index (κ1) is 15.8. The molecule has 2 aromatic rings. The number of carbonyl (C=O) groups excluding carboxylic acids is 2. The van der Waals surface area contributed by atoms with E-state index < -0.39 is 5.60 Å². The van der Waals surface area contributed by atoms with Crippen LogP contribution >= 0.6 is 0 Å². The topological polar surface area (TPSA) is 52.6 Å². The van der Waals surface area contributed by atoms with Crippen LogP contribution in [0.4, 0.5) is 0 Å². The predicted octanol–water partition coefficient (Wildman–Crippen LogP) is 3.56. The summed E-state index contributed by atoms with van der Waals surface area (Å²) in [5.74, 6) is -0.476. The fraction of sp³-hybridized carbons (Fsp3) is 0.238. The molecule has 4 rings (SSSR count). The molecule has 0 unspecified atom stereocenters. The Hall–Kier alpha value is -2.72. The fourth-order valence-corrected chi connectivity index (χ4v) is 3.47. The summed E-state index contributed by atoms with van der Waals surface area (Å²) < 4.78 is 11.4. The highest BCUT2D eigenvalue weighted by Gasteiger charge is 2.52. The van der Waals surface area contributed by atoms with E-state index in [0.29, 0.717) is 18.6 Å². The number of rotatable bonds is 4. The third-order valence-electron chi connectivity index (χ3n) is 4.76. The smallest absolute Gasteiger partial charge is 0.307 e. The number of carbonyl (C=O) groups is 2. The van der Waals surface area contributed by atoms with Gasteiger partial charge in [-0.15, -0.1) is 0 Å². The van der Waals surface area contributed by atoms with Crippen molar-refractivity contribution in [2.45, 2.75) is 25.0 Å². The van der Waals surface area contributed by atoms with Crippen LogP contribution in [0.3, 0.4) is 0 Å². The zero-order valence-electron chi connectivity index (χ0n) is 13.7. The Balaban J connectivity index is 1.62. The lowest BCUT2D eigenvalue weighted by atomic mass is 9.77. The second kappa shape index (κ2) is 6.30. The molecule has 0 saturated carbocycles. The third-order valence-corrected chi connectivity index (χ3v) is 4.76. The molecule has 1 spiro atoms. The summed E-state index contributed by atoms with van der Waals surface area (Å²) >= 11 is 0. The minimum atomic E-state index is -1.19. The van der Waals surface area contributed by atoms with E-state index in [0.717, 1.165) is 16.7 Å². The summed E-state index contributed by atoms with van der Waals surface area (Å²) in [5, 5.41) is 0. The first-order valence-electron chi connectivity index (χ1n) is 8.37. The molecule has 2 aromatic carbocycles. The van der Waals surface area contributed by atoms with Gasteiger partial charge in [0.1, 0.15) is 0 Å². The molecular formula is C21H18O4. The lowest BCUT2D eigenvalue weighted by molar-refractivity contribution is -0.144. The van der Waals surface area contributed by atoms with Gasteiger partial charge >= 0.3 is 5.97 Å². The Morgan fingerprint density at radius 3 is 2.48 bits per heavy atom. The van der Waals surface area contributed by atoms with Gasteiger partial charge in [0, 0.05) is 17.6 Å².